The average Bonchev–Trinajstić information content (AvgIpc) is 3.68. The van der Waals surface area contributed by atoms with Crippen LogP contribution in [0.3, 0.4) is 0 Å². The lowest BCUT2D eigenvalue weighted by molar-refractivity contribution is -0.148. The van der Waals surface area contributed by atoms with Gasteiger partial charge in [0.2, 0.25) is 35.4 Å². The first-order valence-corrected chi connectivity index (χ1v) is 18.0. The van der Waals surface area contributed by atoms with E-state index < -0.39 is 146 Å². The summed E-state index contributed by atoms with van der Waals surface area (Å²) in [6, 6.07) is -6.28. The van der Waals surface area contributed by atoms with Gasteiger partial charge in [-0.3, -0.25) is 28.8 Å². The number of aliphatic hydroxyl groups excluding tert-OH is 8. The molecule has 0 bridgehead atoms. The van der Waals surface area contributed by atoms with Crippen molar-refractivity contribution in [1.29, 1.82) is 0 Å². The Kier molecular flexibility index (Phi) is 14.3. The van der Waals surface area contributed by atoms with Crippen molar-refractivity contribution in [3.8, 4) is 5.75 Å². The van der Waals surface area contributed by atoms with E-state index in [0.29, 0.717) is 0 Å². The molecule has 0 aliphatic carbocycles. The van der Waals surface area contributed by atoms with Crippen LogP contribution in [-0.2, 0) is 28.8 Å². The zero-order valence-electron chi connectivity index (χ0n) is 30.7. The van der Waals surface area contributed by atoms with Gasteiger partial charge in [-0.1, -0.05) is 19.1 Å². The van der Waals surface area contributed by atoms with Crippen molar-refractivity contribution < 1.29 is 74.7 Å². The normalized spacial score (nSPS) is 35.2. The molecule has 15 atom stereocenters. The van der Waals surface area contributed by atoms with Crippen LogP contribution in [0.2, 0.25) is 0 Å². The molecule has 3 fully saturated rings. The maximum Gasteiger partial charge on any atom is 0.248 e. The Labute approximate surface area is 320 Å². The summed E-state index contributed by atoms with van der Waals surface area (Å²) in [5, 5.41) is 105. The number of phenols is 1. The van der Waals surface area contributed by atoms with Gasteiger partial charge in [-0.05, 0) is 31.5 Å². The molecule has 3 aliphatic rings. The maximum absolute atomic E-state index is 14.0. The van der Waals surface area contributed by atoms with Crippen LogP contribution in [0.25, 0.3) is 0 Å². The van der Waals surface area contributed by atoms with Gasteiger partial charge in [0, 0.05) is 31.8 Å². The molecule has 4 rings (SSSR count). The van der Waals surface area contributed by atoms with E-state index in [1.54, 1.807) is 0 Å². The fourth-order valence-corrected chi connectivity index (χ4v) is 6.92. The van der Waals surface area contributed by atoms with Crippen molar-refractivity contribution in [3.05, 3.63) is 29.8 Å². The molecule has 1 aromatic carbocycles. The van der Waals surface area contributed by atoms with Crippen molar-refractivity contribution in [1.82, 2.24) is 31.1 Å². The molecule has 22 heteroatoms. The number of phenolic OH excluding ortho intramolecular Hbond substituents is 1. The standard InChI is InChI=1S/C34H51N7O15/c1-12-10-41-24(25(12)47)32(54)39-30(52)20(46)9-18(35)28(50)36-21(13(2)42)33(55)40-11-17(45)8-19(40)29(51)38-23(31(53)37-22(14(3)43)34(41)56)27(49)26(48)15-4-6-16(44)7-5-15/h4-7,12-14,17-27,30,42-49,52H,8-11,35H2,1-3H3,(H,36,50)(H,37,53)(H,38,51)(H,39,54)/t12-,13+,14+,17+,18+,19-,20+,21-,22-,23?,24-,25-,26-,27-,30+/m0/s1. The Balaban J connectivity index is 1.80. The Morgan fingerprint density at radius 3 is 1.80 bits per heavy atom. The topological polar surface area (TPSA) is 365 Å². The van der Waals surface area contributed by atoms with E-state index in [1.165, 1.54) is 19.1 Å². The number of carbonyl (C=O) groups is 6. The van der Waals surface area contributed by atoms with Crippen molar-refractivity contribution in [2.24, 2.45) is 11.7 Å². The number of rotatable bonds is 5. The number of hydrogen-bond acceptors (Lipinski definition) is 16. The molecule has 312 valence electrons. The van der Waals surface area contributed by atoms with Gasteiger partial charge in [-0.15, -0.1) is 0 Å². The van der Waals surface area contributed by atoms with E-state index >= 15 is 0 Å². The van der Waals surface area contributed by atoms with Gasteiger partial charge in [-0.2, -0.15) is 0 Å². The molecule has 3 heterocycles. The summed E-state index contributed by atoms with van der Waals surface area (Å²) >= 11 is 0. The Bertz CT molecular complexity index is 1620. The molecule has 0 spiro atoms. The fourth-order valence-electron chi connectivity index (χ4n) is 6.92. The summed E-state index contributed by atoms with van der Waals surface area (Å²) in [6.45, 7) is 2.85. The van der Waals surface area contributed by atoms with Gasteiger partial charge in [0.05, 0.1) is 30.5 Å². The molecular weight excluding hydrogens is 746 g/mol. The molecule has 15 N–H and O–H groups in total. The highest BCUT2D eigenvalue weighted by Gasteiger charge is 2.50. The van der Waals surface area contributed by atoms with Gasteiger partial charge in [0.1, 0.15) is 54.3 Å². The average molecular weight is 798 g/mol. The summed E-state index contributed by atoms with van der Waals surface area (Å²) in [4.78, 5) is 83.9. The fraction of sp³-hybridized carbons (Fsp3) is 0.647. The summed E-state index contributed by atoms with van der Waals surface area (Å²) < 4.78 is 0. The number of fused-ring (bicyclic) bond motifs is 2. The summed E-state index contributed by atoms with van der Waals surface area (Å²) in [5.41, 5.74) is 5.88. The van der Waals surface area contributed by atoms with Crippen LogP contribution >= 0.6 is 0 Å². The van der Waals surface area contributed by atoms with Gasteiger partial charge in [-0.25, -0.2) is 0 Å². The minimum absolute atomic E-state index is 0.0501. The number of nitrogens with one attached hydrogen (secondary N) is 4. The Hall–Kier alpha value is -4.52. The van der Waals surface area contributed by atoms with Crippen LogP contribution in [0.1, 0.15) is 45.3 Å². The summed E-state index contributed by atoms with van der Waals surface area (Å²) in [6.07, 6.45) is -15.8. The zero-order chi connectivity index (χ0) is 41.9. The monoisotopic (exact) mass is 797 g/mol. The van der Waals surface area contributed by atoms with Crippen molar-refractivity contribution in [2.75, 3.05) is 13.1 Å². The van der Waals surface area contributed by atoms with E-state index in [4.69, 9.17) is 5.73 Å². The smallest absolute Gasteiger partial charge is 0.248 e. The zero-order valence-corrected chi connectivity index (χ0v) is 30.7. The van der Waals surface area contributed by atoms with Crippen LogP contribution in [0.5, 0.6) is 5.75 Å². The second-order valence-electron chi connectivity index (χ2n) is 14.6. The van der Waals surface area contributed by atoms with Gasteiger partial charge in [0.15, 0.2) is 6.23 Å². The number of nitrogens with zero attached hydrogens (tertiary/aromatic N) is 2. The number of aromatic hydroxyl groups is 1. The molecule has 3 aliphatic heterocycles. The number of aliphatic hydroxyl groups is 8. The van der Waals surface area contributed by atoms with Crippen molar-refractivity contribution in [3.63, 3.8) is 0 Å². The number of amides is 6. The third kappa shape index (κ3) is 9.70. The van der Waals surface area contributed by atoms with Crippen LogP contribution in [-0.4, -0.2) is 183 Å². The third-order valence-corrected chi connectivity index (χ3v) is 10.2. The van der Waals surface area contributed by atoms with Crippen molar-refractivity contribution in [2.45, 2.75) is 119 Å². The lowest BCUT2D eigenvalue weighted by Crippen LogP contribution is -2.64. The first-order valence-electron chi connectivity index (χ1n) is 18.0. The lowest BCUT2D eigenvalue weighted by atomic mass is 9.96. The summed E-state index contributed by atoms with van der Waals surface area (Å²) in [7, 11) is 0. The predicted molar refractivity (Wildman–Crippen MR) is 188 cm³/mol. The molecule has 0 radical (unpaired) electrons. The molecule has 1 aromatic rings. The van der Waals surface area contributed by atoms with Crippen LogP contribution in [0, 0.1) is 5.92 Å². The van der Waals surface area contributed by atoms with E-state index in [9.17, 15) is 74.7 Å². The minimum atomic E-state index is -2.24. The minimum Gasteiger partial charge on any atom is -0.508 e. The number of hydrogen-bond donors (Lipinski definition) is 14. The maximum atomic E-state index is 14.0. The van der Waals surface area contributed by atoms with Gasteiger partial charge in [0.25, 0.3) is 0 Å². The third-order valence-electron chi connectivity index (χ3n) is 10.2. The van der Waals surface area contributed by atoms with Gasteiger partial charge < -0.3 is 82.8 Å². The van der Waals surface area contributed by atoms with Crippen LogP contribution in [0.4, 0.5) is 0 Å². The quantitative estimate of drug-likeness (QED) is 0.132. The highest BCUT2D eigenvalue weighted by molar-refractivity contribution is 5.98. The highest BCUT2D eigenvalue weighted by Crippen LogP contribution is 2.27. The second kappa shape index (κ2) is 18.2. The largest absolute Gasteiger partial charge is 0.508 e. The highest BCUT2D eigenvalue weighted by atomic mass is 16.3. The van der Waals surface area contributed by atoms with Crippen LogP contribution < -0.4 is 27.0 Å². The molecule has 0 saturated carbocycles. The first-order chi connectivity index (χ1) is 26.1. The number of carbonyl (C=O) groups excluding carboxylic acids is 6. The molecule has 22 nitrogen and oxygen atoms in total. The van der Waals surface area contributed by atoms with E-state index in [0.717, 1.165) is 35.8 Å². The molecule has 6 amide bonds. The number of nitrogens with two attached hydrogens (primary N) is 1. The molecule has 1 unspecified atom stereocenters. The lowest BCUT2D eigenvalue weighted by Gasteiger charge is -2.34. The SMILES string of the molecule is C[C@@H](O)[C@@H]1NC(=O)C([C@H](O)[C@@H](O)c2ccc(O)cc2)NC(=O)[C@@H]2C[C@@H](O)CN2C(=O)[C@H]([C@@H](C)O)NC(=O)[C@H](N)C[C@@H](O)[C@@H](O)NC(=O)[C@@H]2[C@@H](O)[C@@H](C)CN2C1=O. The molecule has 56 heavy (non-hydrogen) atoms. The van der Waals surface area contributed by atoms with Crippen molar-refractivity contribution >= 4 is 35.4 Å². The van der Waals surface area contributed by atoms with E-state index in [1.807, 2.05) is 5.32 Å². The second-order valence-corrected chi connectivity index (χ2v) is 14.6. The Morgan fingerprint density at radius 2 is 1.23 bits per heavy atom. The first kappa shape index (κ1) is 44.2. The number of benzene rings is 1. The van der Waals surface area contributed by atoms with E-state index in [-0.39, 0.29) is 17.9 Å². The van der Waals surface area contributed by atoms with E-state index in [2.05, 4.69) is 16.0 Å². The van der Waals surface area contributed by atoms with Crippen LogP contribution in [0.15, 0.2) is 24.3 Å². The Morgan fingerprint density at radius 1 is 0.696 bits per heavy atom. The van der Waals surface area contributed by atoms with Gasteiger partial charge >= 0.3 is 0 Å². The molecule has 3 saturated heterocycles. The molecular formula is C34H51N7O15. The molecule has 0 aromatic heterocycles. The predicted octanol–water partition coefficient (Wildman–Crippen LogP) is -7.30. The summed E-state index contributed by atoms with van der Waals surface area (Å²) in [5.74, 6) is -8.12.